The number of Topliss-reactive ketones (excluding diaryl/α,β-unsaturated/α-hetero) is 1. The van der Waals surface area contributed by atoms with Crippen molar-refractivity contribution in [2.24, 2.45) is 0 Å². The third-order valence-corrected chi connectivity index (χ3v) is 4.37. The van der Waals surface area contributed by atoms with E-state index in [0.717, 1.165) is 16.7 Å². The highest BCUT2D eigenvalue weighted by atomic mass is 32.2. The Morgan fingerprint density at radius 1 is 1.09 bits per heavy atom. The van der Waals surface area contributed by atoms with Gasteiger partial charge >= 0.3 is 5.97 Å². The molecule has 0 radical (unpaired) electrons. The van der Waals surface area contributed by atoms with Crippen LogP contribution in [0.3, 0.4) is 0 Å². The standard InChI is InChI=1S/C18H19NO3S/c1-11-8-13(3)15(9-12(11)2)16(20)10-22-18(21)14-6-5-7-19-17(14)23-4/h5-9H,10H2,1-4H3. The summed E-state index contributed by atoms with van der Waals surface area (Å²) in [6, 6.07) is 7.13. The average Bonchev–Trinajstić information content (AvgIpc) is 2.55. The van der Waals surface area contributed by atoms with Gasteiger partial charge in [-0.2, -0.15) is 0 Å². The van der Waals surface area contributed by atoms with E-state index in [-0.39, 0.29) is 12.4 Å². The monoisotopic (exact) mass is 329 g/mol. The quantitative estimate of drug-likeness (QED) is 0.475. The van der Waals surface area contributed by atoms with Gasteiger partial charge in [0, 0.05) is 11.8 Å². The smallest absolute Gasteiger partial charge is 0.341 e. The Bertz CT molecular complexity index is 756. The van der Waals surface area contributed by atoms with Crippen LogP contribution in [-0.4, -0.2) is 29.6 Å². The first-order valence-electron chi connectivity index (χ1n) is 7.21. The van der Waals surface area contributed by atoms with Crippen LogP contribution >= 0.6 is 11.8 Å². The SMILES string of the molecule is CSc1ncccc1C(=O)OCC(=O)c1cc(C)c(C)cc1C. The second-order valence-corrected chi connectivity index (χ2v) is 6.11. The third-order valence-electron chi connectivity index (χ3n) is 3.66. The molecule has 0 saturated heterocycles. The number of benzene rings is 1. The molecule has 0 atom stereocenters. The zero-order chi connectivity index (χ0) is 17.0. The molecule has 0 aliphatic carbocycles. The number of ether oxygens (including phenoxy) is 1. The topological polar surface area (TPSA) is 56.3 Å². The predicted molar refractivity (Wildman–Crippen MR) is 91.3 cm³/mol. The van der Waals surface area contributed by atoms with E-state index in [2.05, 4.69) is 4.98 Å². The first-order valence-corrected chi connectivity index (χ1v) is 8.43. The lowest BCUT2D eigenvalue weighted by atomic mass is 9.98. The maximum Gasteiger partial charge on any atom is 0.341 e. The highest BCUT2D eigenvalue weighted by Crippen LogP contribution is 2.19. The van der Waals surface area contributed by atoms with Gasteiger partial charge in [-0.3, -0.25) is 4.79 Å². The van der Waals surface area contributed by atoms with Crippen LogP contribution in [0.15, 0.2) is 35.5 Å². The van der Waals surface area contributed by atoms with Crippen LogP contribution in [0.5, 0.6) is 0 Å². The van der Waals surface area contributed by atoms with Gasteiger partial charge in [-0.25, -0.2) is 9.78 Å². The zero-order valence-electron chi connectivity index (χ0n) is 13.7. The summed E-state index contributed by atoms with van der Waals surface area (Å²) < 4.78 is 5.17. The van der Waals surface area contributed by atoms with Crippen molar-refractivity contribution < 1.29 is 14.3 Å². The van der Waals surface area contributed by atoms with Crippen LogP contribution < -0.4 is 0 Å². The van der Waals surface area contributed by atoms with Crippen molar-refractivity contribution in [3.8, 4) is 0 Å². The highest BCUT2D eigenvalue weighted by molar-refractivity contribution is 7.98. The second kappa shape index (κ2) is 7.42. The maximum absolute atomic E-state index is 12.3. The largest absolute Gasteiger partial charge is 0.454 e. The van der Waals surface area contributed by atoms with Crippen molar-refractivity contribution in [1.82, 2.24) is 4.98 Å². The highest BCUT2D eigenvalue weighted by Gasteiger charge is 2.17. The number of esters is 1. The Hall–Kier alpha value is -2.14. The fraction of sp³-hybridized carbons (Fsp3) is 0.278. The number of hydrogen-bond donors (Lipinski definition) is 0. The number of nitrogens with zero attached hydrogens (tertiary/aromatic N) is 1. The first kappa shape index (κ1) is 17.2. The molecule has 0 aliphatic rings. The van der Waals surface area contributed by atoms with Crippen LogP contribution in [0.1, 0.15) is 37.4 Å². The fourth-order valence-corrected chi connectivity index (χ4v) is 2.79. The number of thioether (sulfide) groups is 1. The molecule has 1 heterocycles. The van der Waals surface area contributed by atoms with E-state index in [1.165, 1.54) is 11.8 Å². The van der Waals surface area contributed by atoms with Crippen LogP contribution in [0, 0.1) is 20.8 Å². The molecule has 0 aliphatic heterocycles. The van der Waals surface area contributed by atoms with Crippen LogP contribution in [0.2, 0.25) is 0 Å². The molecule has 23 heavy (non-hydrogen) atoms. The first-order chi connectivity index (χ1) is 10.9. The third kappa shape index (κ3) is 3.99. The molecule has 2 aromatic rings. The summed E-state index contributed by atoms with van der Waals surface area (Å²) in [6.45, 7) is 5.57. The summed E-state index contributed by atoms with van der Waals surface area (Å²) in [4.78, 5) is 28.6. The van der Waals surface area contributed by atoms with E-state index in [1.54, 1.807) is 18.3 Å². The number of rotatable bonds is 5. The van der Waals surface area contributed by atoms with Gasteiger partial charge in [-0.05, 0) is 61.9 Å². The fourth-order valence-electron chi connectivity index (χ4n) is 2.26. The molecule has 0 saturated carbocycles. The van der Waals surface area contributed by atoms with E-state index in [4.69, 9.17) is 4.74 Å². The van der Waals surface area contributed by atoms with Gasteiger partial charge in [0.15, 0.2) is 6.61 Å². The van der Waals surface area contributed by atoms with E-state index in [1.807, 2.05) is 39.2 Å². The minimum absolute atomic E-state index is 0.200. The molecule has 0 spiro atoms. The number of hydrogen-bond acceptors (Lipinski definition) is 5. The summed E-state index contributed by atoms with van der Waals surface area (Å²) >= 11 is 1.36. The normalized spacial score (nSPS) is 10.4. The molecule has 1 aromatic carbocycles. The van der Waals surface area contributed by atoms with Crippen molar-refractivity contribution >= 4 is 23.5 Å². The minimum Gasteiger partial charge on any atom is -0.454 e. The Morgan fingerprint density at radius 3 is 2.48 bits per heavy atom. The lowest BCUT2D eigenvalue weighted by Crippen LogP contribution is -2.16. The number of aromatic nitrogens is 1. The molecular formula is C18H19NO3S. The van der Waals surface area contributed by atoms with Crippen molar-refractivity contribution in [1.29, 1.82) is 0 Å². The van der Waals surface area contributed by atoms with Crippen molar-refractivity contribution in [3.05, 3.63) is 58.3 Å². The lowest BCUT2D eigenvalue weighted by molar-refractivity contribution is 0.0470. The Labute approximate surface area is 140 Å². The minimum atomic E-state index is -0.530. The zero-order valence-corrected chi connectivity index (χ0v) is 14.5. The Morgan fingerprint density at radius 2 is 1.78 bits per heavy atom. The second-order valence-electron chi connectivity index (χ2n) is 5.31. The molecule has 0 N–H and O–H groups in total. The summed E-state index contributed by atoms with van der Waals surface area (Å²) in [5.41, 5.74) is 4.04. The summed E-state index contributed by atoms with van der Waals surface area (Å²) in [5, 5.41) is 0.590. The number of pyridine rings is 1. The number of aryl methyl sites for hydroxylation is 3. The van der Waals surface area contributed by atoms with Gasteiger partial charge < -0.3 is 4.74 Å². The molecule has 0 amide bonds. The van der Waals surface area contributed by atoms with Crippen LogP contribution in [0.25, 0.3) is 0 Å². The summed E-state index contributed by atoms with van der Waals surface area (Å²) in [6.07, 6.45) is 3.45. The average molecular weight is 329 g/mol. The molecule has 120 valence electrons. The van der Waals surface area contributed by atoms with Crippen LogP contribution in [0.4, 0.5) is 0 Å². The summed E-state index contributed by atoms with van der Waals surface area (Å²) in [5.74, 6) is -0.731. The van der Waals surface area contributed by atoms with E-state index < -0.39 is 5.97 Å². The van der Waals surface area contributed by atoms with Gasteiger partial charge in [0.2, 0.25) is 5.78 Å². The molecule has 0 fully saturated rings. The van der Waals surface area contributed by atoms with Crippen molar-refractivity contribution in [3.63, 3.8) is 0 Å². The number of ketones is 1. The van der Waals surface area contributed by atoms with Gasteiger partial charge in [-0.15, -0.1) is 11.8 Å². The lowest BCUT2D eigenvalue weighted by Gasteiger charge is -2.10. The van der Waals surface area contributed by atoms with Gasteiger partial charge in [0.1, 0.15) is 5.03 Å². The molecule has 4 nitrogen and oxygen atoms in total. The van der Waals surface area contributed by atoms with Crippen LogP contribution in [-0.2, 0) is 4.74 Å². The van der Waals surface area contributed by atoms with E-state index >= 15 is 0 Å². The molecule has 2 rings (SSSR count). The molecule has 1 aromatic heterocycles. The molecule has 0 unspecified atom stereocenters. The van der Waals surface area contributed by atoms with E-state index in [9.17, 15) is 9.59 Å². The molecule has 5 heteroatoms. The van der Waals surface area contributed by atoms with Crippen molar-refractivity contribution in [2.75, 3.05) is 12.9 Å². The molecule has 0 bridgehead atoms. The Balaban J connectivity index is 2.10. The van der Waals surface area contributed by atoms with E-state index in [0.29, 0.717) is 16.2 Å². The Kier molecular flexibility index (Phi) is 5.55. The maximum atomic E-state index is 12.3. The van der Waals surface area contributed by atoms with Gasteiger partial charge in [0.05, 0.1) is 5.56 Å². The number of carbonyl (C=O) groups excluding carboxylic acids is 2. The van der Waals surface area contributed by atoms with Gasteiger partial charge in [0.25, 0.3) is 0 Å². The number of carbonyl (C=O) groups is 2. The van der Waals surface area contributed by atoms with Gasteiger partial charge in [-0.1, -0.05) is 6.07 Å². The molecular weight excluding hydrogens is 310 g/mol. The predicted octanol–water partition coefficient (Wildman–Crippen LogP) is 3.77. The summed E-state index contributed by atoms with van der Waals surface area (Å²) in [7, 11) is 0. The van der Waals surface area contributed by atoms with Crippen molar-refractivity contribution in [2.45, 2.75) is 25.8 Å².